The van der Waals surface area contributed by atoms with Crippen molar-refractivity contribution in [3.8, 4) is 11.5 Å². The number of nitrogens with one attached hydrogen (secondary N) is 2. The number of hydrogen-bond donors (Lipinski definition) is 2. The van der Waals surface area contributed by atoms with Crippen molar-refractivity contribution in [2.45, 2.75) is 31.1 Å². The van der Waals surface area contributed by atoms with Crippen molar-refractivity contribution >= 4 is 5.91 Å². The van der Waals surface area contributed by atoms with Gasteiger partial charge in [0.1, 0.15) is 17.2 Å². The molecule has 5 nitrogen and oxygen atoms in total. The number of amides is 1. The lowest BCUT2D eigenvalue weighted by atomic mass is 10.0. The highest BCUT2D eigenvalue weighted by molar-refractivity contribution is 5.94. The Morgan fingerprint density at radius 2 is 1.85 bits per heavy atom. The van der Waals surface area contributed by atoms with Crippen molar-refractivity contribution in [3.63, 3.8) is 0 Å². The highest BCUT2D eigenvalue weighted by Crippen LogP contribution is 2.32. The van der Waals surface area contributed by atoms with E-state index in [1.807, 2.05) is 0 Å². The minimum Gasteiger partial charge on any atom is -0.456 e. The fourth-order valence-corrected chi connectivity index (χ4v) is 3.68. The topological polar surface area (TPSA) is 63.2 Å². The van der Waals surface area contributed by atoms with Crippen LogP contribution in [0.15, 0.2) is 42.6 Å². The molecule has 2 fully saturated rings. The van der Waals surface area contributed by atoms with Gasteiger partial charge < -0.3 is 15.4 Å². The molecule has 1 aromatic heterocycles. The maximum atomic E-state index is 12.5. The minimum absolute atomic E-state index is 0.129. The Balaban J connectivity index is 1.36. The Kier molecular flexibility index (Phi) is 4.51. The number of pyridine rings is 1. The number of benzene rings is 1. The highest BCUT2D eigenvalue weighted by atomic mass is 19.4. The van der Waals surface area contributed by atoms with Crippen LogP contribution in [0.2, 0.25) is 0 Å². The molecule has 27 heavy (non-hydrogen) atoms. The molecule has 1 saturated heterocycles. The molecule has 1 saturated carbocycles. The molecule has 1 aliphatic carbocycles. The lowest BCUT2D eigenvalue weighted by Gasteiger charge is -2.23. The number of fused-ring (bicyclic) bond motifs is 2. The van der Waals surface area contributed by atoms with Crippen molar-refractivity contribution in [3.05, 3.63) is 53.9 Å². The van der Waals surface area contributed by atoms with E-state index in [-0.39, 0.29) is 17.7 Å². The monoisotopic (exact) mass is 377 g/mol. The van der Waals surface area contributed by atoms with Crippen LogP contribution in [0.1, 0.15) is 28.9 Å². The van der Waals surface area contributed by atoms with Crippen LogP contribution >= 0.6 is 0 Å². The Hall–Kier alpha value is -2.61. The number of carbonyl (C=O) groups is 1. The van der Waals surface area contributed by atoms with Crippen LogP contribution in [-0.2, 0) is 6.18 Å². The number of ether oxygens (including phenoxy) is 1. The van der Waals surface area contributed by atoms with E-state index in [2.05, 4.69) is 15.6 Å². The lowest BCUT2D eigenvalue weighted by Crippen LogP contribution is -2.44. The normalized spacial score (nSPS) is 24.0. The molecule has 0 radical (unpaired) electrons. The van der Waals surface area contributed by atoms with E-state index in [9.17, 15) is 18.0 Å². The second-order valence-corrected chi connectivity index (χ2v) is 6.92. The van der Waals surface area contributed by atoms with Gasteiger partial charge in [0.15, 0.2) is 0 Å². The summed E-state index contributed by atoms with van der Waals surface area (Å²) in [5.41, 5.74) is -0.457. The standard InChI is InChI=1S/C19H18F3N3O2/c20-19(21,22)17-6-5-15(10-24-17)27-14-3-1-11(2-4-14)18(26)25-16-8-13-7-12(16)9-23-13/h1-6,10,12-13,16,23H,7-9H2,(H,25,26). The Labute approximate surface area is 153 Å². The first-order valence-corrected chi connectivity index (χ1v) is 8.74. The fourth-order valence-electron chi connectivity index (χ4n) is 3.68. The van der Waals surface area contributed by atoms with Crippen molar-refractivity contribution in [1.29, 1.82) is 0 Å². The summed E-state index contributed by atoms with van der Waals surface area (Å²) < 4.78 is 43.0. The van der Waals surface area contributed by atoms with Crippen LogP contribution in [0.5, 0.6) is 11.5 Å². The van der Waals surface area contributed by atoms with Crippen molar-refractivity contribution in [2.75, 3.05) is 6.54 Å². The van der Waals surface area contributed by atoms with E-state index >= 15 is 0 Å². The predicted molar refractivity (Wildman–Crippen MR) is 91.5 cm³/mol. The van der Waals surface area contributed by atoms with Gasteiger partial charge in [-0.2, -0.15) is 13.2 Å². The summed E-state index contributed by atoms with van der Waals surface area (Å²) in [6, 6.07) is 9.26. The second-order valence-electron chi connectivity index (χ2n) is 6.92. The zero-order valence-electron chi connectivity index (χ0n) is 14.3. The third-order valence-corrected chi connectivity index (χ3v) is 5.06. The molecule has 1 aromatic carbocycles. The number of aromatic nitrogens is 1. The Bertz CT molecular complexity index is 822. The molecule has 3 atom stereocenters. The van der Waals surface area contributed by atoms with Gasteiger partial charge in [-0.15, -0.1) is 0 Å². The molecule has 1 aliphatic heterocycles. The maximum absolute atomic E-state index is 12.5. The van der Waals surface area contributed by atoms with E-state index in [0.29, 0.717) is 23.3 Å². The third-order valence-electron chi connectivity index (χ3n) is 5.06. The van der Waals surface area contributed by atoms with Crippen LogP contribution < -0.4 is 15.4 Å². The van der Waals surface area contributed by atoms with Crippen LogP contribution in [-0.4, -0.2) is 29.5 Å². The van der Waals surface area contributed by atoms with Gasteiger partial charge >= 0.3 is 6.18 Å². The lowest BCUT2D eigenvalue weighted by molar-refractivity contribution is -0.141. The van der Waals surface area contributed by atoms with Gasteiger partial charge in [0.05, 0.1) is 6.20 Å². The zero-order chi connectivity index (χ0) is 19.0. The number of nitrogens with zero attached hydrogens (tertiary/aromatic N) is 1. The summed E-state index contributed by atoms with van der Waals surface area (Å²) in [6.07, 6.45) is -1.40. The molecule has 0 spiro atoms. The number of piperidine rings is 1. The average Bonchev–Trinajstić information content (AvgIpc) is 3.25. The molecule has 1 amide bonds. The summed E-state index contributed by atoms with van der Waals surface area (Å²) in [7, 11) is 0. The van der Waals surface area contributed by atoms with E-state index < -0.39 is 11.9 Å². The summed E-state index contributed by atoms with van der Waals surface area (Å²) in [5, 5.41) is 6.49. The van der Waals surface area contributed by atoms with Crippen molar-refractivity contribution in [2.24, 2.45) is 5.92 Å². The molecule has 142 valence electrons. The Morgan fingerprint density at radius 3 is 2.41 bits per heavy atom. The molecule has 8 heteroatoms. The molecule has 2 N–H and O–H groups in total. The highest BCUT2D eigenvalue weighted by Gasteiger charge is 2.40. The smallest absolute Gasteiger partial charge is 0.433 e. The number of carbonyl (C=O) groups excluding carboxylic acids is 1. The number of halogens is 3. The second kappa shape index (κ2) is 6.84. The molecule has 2 heterocycles. The molecule has 2 bridgehead atoms. The molecule has 4 rings (SSSR count). The summed E-state index contributed by atoms with van der Waals surface area (Å²) in [4.78, 5) is 15.7. The zero-order valence-corrected chi connectivity index (χ0v) is 14.3. The van der Waals surface area contributed by atoms with Crippen LogP contribution in [0, 0.1) is 5.92 Å². The van der Waals surface area contributed by atoms with Crippen LogP contribution in [0.3, 0.4) is 0 Å². The van der Waals surface area contributed by atoms with Gasteiger partial charge in [0.25, 0.3) is 5.91 Å². The fraction of sp³-hybridized carbons (Fsp3) is 0.368. The summed E-state index contributed by atoms with van der Waals surface area (Å²) in [5.74, 6) is 0.968. The number of alkyl halides is 3. The third kappa shape index (κ3) is 3.90. The van der Waals surface area contributed by atoms with E-state index in [0.717, 1.165) is 31.6 Å². The van der Waals surface area contributed by atoms with Gasteiger partial charge in [-0.05, 0) is 55.2 Å². The Morgan fingerprint density at radius 1 is 1.11 bits per heavy atom. The van der Waals surface area contributed by atoms with E-state index in [1.165, 1.54) is 6.07 Å². The van der Waals surface area contributed by atoms with Gasteiger partial charge in [-0.25, -0.2) is 4.98 Å². The maximum Gasteiger partial charge on any atom is 0.433 e. The first-order chi connectivity index (χ1) is 12.9. The molecular weight excluding hydrogens is 359 g/mol. The summed E-state index contributed by atoms with van der Waals surface area (Å²) >= 11 is 0. The molecule has 2 aliphatic rings. The van der Waals surface area contributed by atoms with Gasteiger partial charge in [0.2, 0.25) is 0 Å². The van der Waals surface area contributed by atoms with E-state index in [1.54, 1.807) is 24.3 Å². The minimum atomic E-state index is -4.48. The first kappa shape index (κ1) is 17.8. The summed E-state index contributed by atoms with van der Waals surface area (Å²) in [6.45, 7) is 0.948. The van der Waals surface area contributed by atoms with Crippen molar-refractivity contribution in [1.82, 2.24) is 15.6 Å². The quantitative estimate of drug-likeness (QED) is 0.858. The van der Waals surface area contributed by atoms with Crippen LogP contribution in [0.4, 0.5) is 13.2 Å². The van der Waals surface area contributed by atoms with E-state index in [4.69, 9.17) is 4.74 Å². The molecule has 2 aromatic rings. The number of hydrogen-bond acceptors (Lipinski definition) is 4. The largest absolute Gasteiger partial charge is 0.456 e. The molecule has 3 unspecified atom stereocenters. The number of rotatable bonds is 4. The predicted octanol–water partition coefficient (Wildman–Crippen LogP) is 3.37. The van der Waals surface area contributed by atoms with Gasteiger partial charge in [-0.1, -0.05) is 0 Å². The van der Waals surface area contributed by atoms with Crippen molar-refractivity contribution < 1.29 is 22.7 Å². The SMILES string of the molecule is O=C(NC1CC2CC1CN2)c1ccc(Oc2ccc(C(F)(F)F)nc2)cc1. The van der Waals surface area contributed by atoms with Crippen LogP contribution in [0.25, 0.3) is 0 Å². The molecular formula is C19H18F3N3O2. The van der Waals surface area contributed by atoms with Gasteiger partial charge in [0, 0.05) is 24.2 Å². The first-order valence-electron chi connectivity index (χ1n) is 8.74. The van der Waals surface area contributed by atoms with Gasteiger partial charge in [-0.3, -0.25) is 4.79 Å². The average molecular weight is 377 g/mol.